The smallest absolute Gasteiger partial charge is 0.260 e. The molecule has 1 N–H and O–H groups in total. The van der Waals surface area contributed by atoms with Gasteiger partial charge in [-0.15, -0.1) is 10.2 Å². The van der Waals surface area contributed by atoms with Gasteiger partial charge in [-0.1, -0.05) is 53.3 Å². The van der Waals surface area contributed by atoms with Crippen molar-refractivity contribution in [2.24, 2.45) is 0 Å². The van der Waals surface area contributed by atoms with Crippen molar-refractivity contribution in [3.8, 4) is 16.3 Å². The standard InChI is InChI=1S/C19H13ClFN5OS/c1-11-13(10-22-26(11)16-9-5-4-8-15(16)21)17(27)23-19-25-24-18(28-19)12-6-2-3-7-14(12)20/h2-10H,1H3,(H,23,25,27). The predicted molar refractivity (Wildman–Crippen MR) is 107 cm³/mol. The number of amides is 1. The summed E-state index contributed by atoms with van der Waals surface area (Å²) in [6.45, 7) is 1.70. The number of carbonyl (C=O) groups excluding carboxylic acids is 1. The molecule has 0 atom stereocenters. The summed E-state index contributed by atoms with van der Waals surface area (Å²) < 4.78 is 15.4. The van der Waals surface area contributed by atoms with Gasteiger partial charge < -0.3 is 0 Å². The molecule has 0 saturated heterocycles. The minimum atomic E-state index is -0.422. The number of halogens is 2. The van der Waals surface area contributed by atoms with Crippen LogP contribution in [0.25, 0.3) is 16.3 Å². The van der Waals surface area contributed by atoms with Crippen molar-refractivity contribution in [2.45, 2.75) is 6.92 Å². The van der Waals surface area contributed by atoms with E-state index in [4.69, 9.17) is 11.6 Å². The van der Waals surface area contributed by atoms with E-state index in [0.717, 1.165) is 5.56 Å². The zero-order valence-electron chi connectivity index (χ0n) is 14.6. The second kappa shape index (κ2) is 7.49. The van der Waals surface area contributed by atoms with Gasteiger partial charge in [0.2, 0.25) is 5.13 Å². The lowest BCUT2D eigenvalue weighted by molar-refractivity contribution is 0.102. The fraction of sp³-hybridized carbons (Fsp3) is 0.0526. The molecule has 2 heterocycles. The van der Waals surface area contributed by atoms with E-state index in [1.54, 1.807) is 31.2 Å². The summed E-state index contributed by atoms with van der Waals surface area (Å²) >= 11 is 7.38. The Hall–Kier alpha value is -3.10. The van der Waals surface area contributed by atoms with Crippen LogP contribution in [-0.4, -0.2) is 25.9 Å². The maximum Gasteiger partial charge on any atom is 0.260 e. The first kappa shape index (κ1) is 18.3. The Morgan fingerprint density at radius 3 is 2.68 bits per heavy atom. The molecule has 0 unspecified atom stereocenters. The highest BCUT2D eigenvalue weighted by Crippen LogP contribution is 2.31. The fourth-order valence-electron chi connectivity index (χ4n) is 2.68. The van der Waals surface area contributed by atoms with Crippen molar-refractivity contribution in [3.05, 3.63) is 76.8 Å². The quantitative estimate of drug-likeness (QED) is 0.524. The van der Waals surface area contributed by atoms with E-state index in [-0.39, 0.29) is 5.69 Å². The molecule has 0 saturated carbocycles. The van der Waals surface area contributed by atoms with Crippen LogP contribution < -0.4 is 5.32 Å². The topological polar surface area (TPSA) is 72.7 Å². The molecule has 0 aliphatic rings. The molecule has 4 aromatic rings. The number of nitrogens with zero attached hydrogens (tertiary/aromatic N) is 4. The van der Waals surface area contributed by atoms with E-state index >= 15 is 0 Å². The lowest BCUT2D eigenvalue weighted by Gasteiger charge is -2.06. The number of rotatable bonds is 4. The molecule has 140 valence electrons. The number of hydrogen-bond donors (Lipinski definition) is 1. The number of benzene rings is 2. The van der Waals surface area contributed by atoms with Gasteiger partial charge >= 0.3 is 0 Å². The van der Waals surface area contributed by atoms with Gasteiger partial charge in [0.05, 0.1) is 22.5 Å². The molecular weight excluding hydrogens is 401 g/mol. The van der Waals surface area contributed by atoms with E-state index in [1.165, 1.54) is 28.3 Å². The fourth-order valence-corrected chi connectivity index (χ4v) is 3.74. The van der Waals surface area contributed by atoms with Crippen LogP contribution in [0, 0.1) is 12.7 Å². The van der Waals surface area contributed by atoms with E-state index in [2.05, 4.69) is 20.6 Å². The Morgan fingerprint density at radius 1 is 1.14 bits per heavy atom. The summed E-state index contributed by atoms with van der Waals surface area (Å²) in [6.07, 6.45) is 1.40. The number of anilines is 1. The van der Waals surface area contributed by atoms with Gasteiger partial charge in [-0.3, -0.25) is 10.1 Å². The van der Waals surface area contributed by atoms with Crippen LogP contribution in [0.5, 0.6) is 0 Å². The Morgan fingerprint density at radius 2 is 1.89 bits per heavy atom. The zero-order chi connectivity index (χ0) is 19.7. The molecule has 2 aromatic carbocycles. The largest absolute Gasteiger partial charge is 0.296 e. The van der Waals surface area contributed by atoms with Gasteiger partial charge in [-0.05, 0) is 25.1 Å². The van der Waals surface area contributed by atoms with Crippen LogP contribution in [0.15, 0.2) is 54.7 Å². The number of para-hydroxylation sites is 1. The first-order valence-corrected chi connectivity index (χ1v) is 9.43. The molecule has 0 aliphatic carbocycles. The third-order valence-corrected chi connectivity index (χ3v) is 5.29. The number of aromatic nitrogens is 4. The predicted octanol–water partition coefficient (Wildman–Crippen LogP) is 4.74. The molecule has 0 spiro atoms. The molecule has 0 fully saturated rings. The first-order chi connectivity index (χ1) is 13.5. The van der Waals surface area contributed by atoms with E-state index < -0.39 is 11.7 Å². The van der Waals surface area contributed by atoms with Crippen molar-refractivity contribution < 1.29 is 9.18 Å². The molecule has 0 bridgehead atoms. The summed E-state index contributed by atoms with van der Waals surface area (Å²) in [5.74, 6) is -0.823. The van der Waals surface area contributed by atoms with Gasteiger partial charge in [0.1, 0.15) is 11.5 Å². The van der Waals surface area contributed by atoms with E-state index in [9.17, 15) is 9.18 Å². The summed E-state index contributed by atoms with van der Waals surface area (Å²) in [5.41, 5.74) is 1.85. The molecule has 9 heteroatoms. The van der Waals surface area contributed by atoms with Gasteiger partial charge in [0, 0.05) is 5.56 Å². The Bertz CT molecular complexity index is 1170. The maximum absolute atomic E-state index is 14.0. The molecule has 28 heavy (non-hydrogen) atoms. The van der Waals surface area contributed by atoms with Crippen molar-refractivity contribution in [1.82, 2.24) is 20.0 Å². The number of carbonyl (C=O) groups is 1. The Kier molecular flexibility index (Phi) is 4.89. The summed E-state index contributed by atoms with van der Waals surface area (Å²) in [7, 11) is 0. The summed E-state index contributed by atoms with van der Waals surface area (Å²) in [5, 5.41) is 16.4. The van der Waals surface area contributed by atoms with Crippen LogP contribution in [0.3, 0.4) is 0 Å². The average molecular weight is 414 g/mol. The minimum Gasteiger partial charge on any atom is -0.296 e. The molecule has 4 rings (SSSR count). The van der Waals surface area contributed by atoms with Gasteiger partial charge in [-0.25, -0.2) is 9.07 Å². The van der Waals surface area contributed by atoms with Gasteiger partial charge in [0.15, 0.2) is 5.01 Å². The van der Waals surface area contributed by atoms with Crippen molar-refractivity contribution in [3.63, 3.8) is 0 Å². The van der Waals surface area contributed by atoms with Crippen molar-refractivity contribution >= 4 is 34.0 Å². The highest BCUT2D eigenvalue weighted by atomic mass is 35.5. The average Bonchev–Trinajstić information content (AvgIpc) is 3.29. The number of nitrogens with one attached hydrogen (secondary N) is 1. The third kappa shape index (κ3) is 3.39. The molecular formula is C19H13ClFN5OS. The number of hydrogen-bond acceptors (Lipinski definition) is 5. The van der Waals surface area contributed by atoms with Crippen LogP contribution >= 0.6 is 22.9 Å². The van der Waals surface area contributed by atoms with Crippen molar-refractivity contribution in [1.29, 1.82) is 0 Å². The highest BCUT2D eigenvalue weighted by Gasteiger charge is 2.19. The molecule has 0 radical (unpaired) electrons. The minimum absolute atomic E-state index is 0.274. The lowest BCUT2D eigenvalue weighted by Crippen LogP contribution is -2.13. The third-order valence-electron chi connectivity index (χ3n) is 4.08. The van der Waals surface area contributed by atoms with Crippen LogP contribution in [0.1, 0.15) is 16.1 Å². The van der Waals surface area contributed by atoms with Gasteiger partial charge in [0.25, 0.3) is 5.91 Å². The molecule has 6 nitrogen and oxygen atoms in total. The molecule has 0 aliphatic heterocycles. The Labute approximate surface area is 168 Å². The van der Waals surface area contributed by atoms with Crippen LogP contribution in [-0.2, 0) is 0 Å². The second-order valence-electron chi connectivity index (χ2n) is 5.85. The zero-order valence-corrected chi connectivity index (χ0v) is 16.1. The summed E-state index contributed by atoms with van der Waals surface area (Å²) in [4.78, 5) is 12.6. The van der Waals surface area contributed by atoms with E-state index in [1.807, 2.05) is 18.2 Å². The molecule has 2 aromatic heterocycles. The monoisotopic (exact) mass is 413 g/mol. The highest BCUT2D eigenvalue weighted by molar-refractivity contribution is 7.18. The van der Waals surface area contributed by atoms with Crippen molar-refractivity contribution in [2.75, 3.05) is 5.32 Å². The SMILES string of the molecule is Cc1c(C(=O)Nc2nnc(-c3ccccc3Cl)s2)cnn1-c1ccccc1F. The first-order valence-electron chi connectivity index (χ1n) is 8.24. The Balaban J connectivity index is 1.57. The summed E-state index contributed by atoms with van der Waals surface area (Å²) in [6, 6.07) is 13.5. The molecule has 1 amide bonds. The normalized spacial score (nSPS) is 10.8. The maximum atomic E-state index is 14.0. The van der Waals surface area contributed by atoms with Gasteiger partial charge in [-0.2, -0.15) is 5.10 Å². The van der Waals surface area contributed by atoms with Crippen LogP contribution in [0.2, 0.25) is 5.02 Å². The lowest BCUT2D eigenvalue weighted by atomic mass is 10.2. The van der Waals surface area contributed by atoms with E-state index in [0.29, 0.717) is 26.4 Å². The van der Waals surface area contributed by atoms with Crippen LogP contribution in [0.4, 0.5) is 9.52 Å². The second-order valence-corrected chi connectivity index (χ2v) is 7.24.